The number of benzene rings is 2. The second-order valence-corrected chi connectivity index (χ2v) is 10.5. The van der Waals surface area contributed by atoms with Crippen LogP contribution in [0.2, 0.25) is 0 Å². The molecule has 1 heterocycles. The van der Waals surface area contributed by atoms with E-state index in [0.717, 1.165) is 76.7 Å². The maximum atomic E-state index is 12.8. The van der Waals surface area contributed by atoms with Gasteiger partial charge in [-0.2, -0.15) is 0 Å². The van der Waals surface area contributed by atoms with E-state index in [0.29, 0.717) is 24.4 Å². The van der Waals surface area contributed by atoms with Crippen molar-refractivity contribution in [3.8, 4) is 5.75 Å². The normalized spacial score (nSPS) is 24.1. The molecule has 0 radical (unpaired) electrons. The lowest BCUT2D eigenvalue weighted by Crippen LogP contribution is -2.39. The first kappa shape index (κ1) is 25.0. The van der Waals surface area contributed by atoms with E-state index in [2.05, 4.69) is 28.8 Å². The van der Waals surface area contributed by atoms with Gasteiger partial charge in [-0.05, 0) is 85.9 Å². The van der Waals surface area contributed by atoms with Crippen LogP contribution in [0.25, 0.3) is 0 Å². The number of ether oxygens (including phenoxy) is 2. The van der Waals surface area contributed by atoms with Gasteiger partial charge in [-0.15, -0.1) is 0 Å². The van der Waals surface area contributed by atoms with Gasteiger partial charge in [0, 0.05) is 31.2 Å². The summed E-state index contributed by atoms with van der Waals surface area (Å²) < 4.78 is 11.4. The SMILES string of the molecule is O=C(N[C@H]1CCc2cc(CNC3CCCCCC3=O)ccc2C1)c1ccc(OC[C@@H]2CCCO2)cc1. The molecule has 1 saturated carbocycles. The average Bonchev–Trinajstić information content (AvgIpc) is 3.34. The zero-order valence-corrected chi connectivity index (χ0v) is 21.1. The van der Waals surface area contributed by atoms with Gasteiger partial charge in [-0.1, -0.05) is 31.0 Å². The minimum atomic E-state index is -0.0389. The topological polar surface area (TPSA) is 76.7 Å². The smallest absolute Gasteiger partial charge is 0.251 e. The Hall–Kier alpha value is -2.70. The first-order valence-corrected chi connectivity index (χ1v) is 13.7. The highest BCUT2D eigenvalue weighted by Gasteiger charge is 2.23. The van der Waals surface area contributed by atoms with Crippen molar-refractivity contribution >= 4 is 11.7 Å². The molecular formula is C30H38N2O4. The summed E-state index contributed by atoms with van der Waals surface area (Å²) in [6.45, 7) is 2.11. The van der Waals surface area contributed by atoms with Crippen LogP contribution >= 0.6 is 0 Å². The lowest BCUT2D eigenvalue weighted by Gasteiger charge is -2.26. The summed E-state index contributed by atoms with van der Waals surface area (Å²) in [5, 5.41) is 6.71. The Morgan fingerprint density at radius 3 is 2.67 bits per heavy atom. The molecule has 0 bridgehead atoms. The molecule has 3 atom stereocenters. The Balaban J connectivity index is 1.10. The number of carbonyl (C=O) groups excluding carboxylic acids is 2. The number of aryl methyl sites for hydroxylation is 1. The van der Waals surface area contributed by atoms with Gasteiger partial charge < -0.3 is 20.1 Å². The molecule has 36 heavy (non-hydrogen) atoms. The zero-order chi connectivity index (χ0) is 24.7. The van der Waals surface area contributed by atoms with Crippen LogP contribution in [0.1, 0.15) is 78.4 Å². The number of hydrogen-bond acceptors (Lipinski definition) is 5. The third kappa shape index (κ3) is 6.54. The Labute approximate surface area is 214 Å². The fraction of sp³-hybridized carbons (Fsp3) is 0.533. The Morgan fingerprint density at radius 1 is 0.944 bits per heavy atom. The van der Waals surface area contributed by atoms with Crippen molar-refractivity contribution in [2.75, 3.05) is 13.2 Å². The molecule has 2 N–H and O–H groups in total. The molecule has 3 aliphatic rings. The second-order valence-electron chi connectivity index (χ2n) is 10.5. The molecule has 6 heteroatoms. The number of Topliss-reactive ketones (excluding diaryl/α,β-unsaturated/α-hetero) is 1. The van der Waals surface area contributed by atoms with E-state index in [9.17, 15) is 9.59 Å². The van der Waals surface area contributed by atoms with Gasteiger partial charge in [-0.3, -0.25) is 9.59 Å². The summed E-state index contributed by atoms with van der Waals surface area (Å²) in [5.41, 5.74) is 4.55. The molecule has 1 saturated heterocycles. The fourth-order valence-electron chi connectivity index (χ4n) is 5.59. The molecule has 1 amide bonds. The summed E-state index contributed by atoms with van der Waals surface area (Å²) in [7, 11) is 0. The molecule has 2 aliphatic carbocycles. The molecule has 5 rings (SSSR count). The first-order chi connectivity index (χ1) is 17.6. The van der Waals surface area contributed by atoms with Gasteiger partial charge in [-0.25, -0.2) is 0 Å². The maximum absolute atomic E-state index is 12.8. The predicted octanol–water partition coefficient (Wildman–Crippen LogP) is 4.52. The minimum Gasteiger partial charge on any atom is -0.491 e. The van der Waals surface area contributed by atoms with E-state index in [1.165, 1.54) is 16.7 Å². The second kappa shape index (κ2) is 12.0. The van der Waals surface area contributed by atoms with Gasteiger partial charge in [0.2, 0.25) is 0 Å². The largest absolute Gasteiger partial charge is 0.491 e. The van der Waals surface area contributed by atoms with Gasteiger partial charge in [0.1, 0.15) is 18.1 Å². The van der Waals surface area contributed by atoms with Crippen LogP contribution in [0.4, 0.5) is 0 Å². The number of carbonyl (C=O) groups is 2. The van der Waals surface area contributed by atoms with Crippen LogP contribution in [0.5, 0.6) is 5.75 Å². The summed E-state index contributed by atoms with van der Waals surface area (Å²) >= 11 is 0. The highest BCUT2D eigenvalue weighted by Crippen LogP contribution is 2.24. The number of fused-ring (bicyclic) bond motifs is 1. The van der Waals surface area contributed by atoms with Crippen LogP contribution < -0.4 is 15.4 Å². The van der Waals surface area contributed by atoms with Crippen molar-refractivity contribution in [2.24, 2.45) is 0 Å². The van der Waals surface area contributed by atoms with E-state index < -0.39 is 0 Å². The number of amides is 1. The van der Waals surface area contributed by atoms with Crippen LogP contribution in [0.15, 0.2) is 42.5 Å². The molecule has 0 aromatic heterocycles. The molecule has 6 nitrogen and oxygen atoms in total. The number of nitrogens with one attached hydrogen (secondary N) is 2. The van der Waals surface area contributed by atoms with Crippen molar-refractivity contribution < 1.29 is 19.1 Å². The standard InChI is InChI=1S/C30H38N2O4/c33-29-7-3-1-2-6-28(29)31-19-21-8-9-24-18-25(13-10-23(24)17-21)32-30(34)22-11-14-26(15-12-22)36-20-27-5-4-16-35-27/h8-9,11-12,14-15,17,25,27-28,31H,1-7,10,13,16,18-20H2,(H,32,34)/t25-,27-,28?/m0/s1. The summed E-state index contributed by atoms with van der Waals surface area (Å²) in [4.78, 5) is 25.1. The third-order valence-electron chi connectivity index (χ3n) is 7.77. The monoisotopic (exact) mass is 490 g/mol. The van der Waals surface area contributed by atoms with E-state index in [4.69, 9.17) is 9.47 Å². The molecule has 2 aromatic carbocycles. The van der Waals surface area contributed by atoms with Crippen molar-refractivity contribution in [2.45, 2.75) is 88.9 Å². The van der Waals surface area contributed by atoms with Gasteiger partial charge in [0.05, 0.1) is 12.1 Å². The van der Waals surface area contributed by atoms with Crippen molar-refractivity contribution in [1.29, 1.82) is 0 Å². The quantitative estimate of drug-likeness (QED) is 0.532. The molecule has 0 spiro atoms. The van der Waals surface area contributed by atoms with Crippen molar-refractivity contribution in [1.82, 2.24) is 10.6 Å². The number of rotatable bonds is 8. The average molecular weight is 491 g/mol. The Morgan fingerprint density at radius 2 is 1.83 bits per heavy atom. The van der Waals surface area contributed by atoms with E-state index >= 15 is 0 Å². The van der Waals surface area contributed by atoms with Crippen LogP contribution in [-0.2, 0) is 28.9 Å². The first-order valence-electron chi connectivity index (χ1n) is 13.7. The van der Waals surface area contributed by atoms with Crippen LogP contribution in [0, 0.1) is 0 Å². The lowest BCUT2D eigenvalue weighted by molar-refractivity contribution is -0.121. The predicted molar refractivity (Wildman–Crippen MR) is 139 cm³/mol. The van der Waals surface area contributed by atoms with E-state index in [-0.39, 0.29) is 24.1 Å². The van der Waals surface area contributed by atoms with Crippen molar-refractivity contribution in [3.63, 3.8) is 0 Å². The lowest BCUT2D eigenvalue weighted by atomic mass is 9.87. The van der Waals surface area contributed by atoms with Crippen LogP contribution in [0.3, 0.4) is 0 Å². The highest BCUT2D eigenvalue weighted by molar-refractivity contribution is 5.94. The maximum Gasteiger partial charge on any atom is 0.251 e. The van der Waals surface area contributed by atoms with Crippen LogP contribution in [-0.4, -0.2) is 43.1 Å². The molecule has 2 fully saturated rings. The van der Waals surface area contributed by atoms with E-state index in [1.54, 1.807) is 0 Å². The number of hydrogen-bond donors (Lipinski definition) is 2. The van der Waals surface area contributed by atoms with Gasteiger partial charge in [0.25, 0.3) is 5.91 Å². The van der Waals surface area contributed by atoms with Gasteiger partial charge >= 0.3 is 0 Å². The molecule has 1 aliphatic heterocycles. The molecule has 192 valence electrons. The minimum absolute atomic E-state index is 0.00469. The molecule has 2 aromatic rings. The Bertz CT molecular complexity index is 1050. The molecule has 1 unspecified atom stereocenters. The highest BCUT2D eigenvalue weighted by atomic mass is 16.5. The summed E-state index contributed by atoms with van der Waals surface area (Å²) in [6, 6.07) is 14.1. The third-order valence-corrected chi connectivity index (χ3v) is 7.77. The van der Waals surface area contributed by atoms with Gasteiger partial charge in [0.15, 0.2) is 0 Å². The summed E-state index contributed by atoms with van der Waals surface area (Å²) in [5.74, 6) is 1.09. The zero-order valence-electron chi connectivity index (χ0n) is 21.1. The van der Waals surface area contributed by atoms with E-state index in [1.807, 2.05) is 24.3 Å². The Kier molecular flexibility index (Phi) is 8.34. The summed E-state index contributed by atoms with van der Waals surface area (Å²) in [6.07, 6.45) is 10.0. The fourth-order valence-corrected chi connectivity index (χ4v) is 5.59. The number of ketones is 1. The molecular weight excluding hydrogens is 452 g/mol. The van der Waals surface area contributed by atoms with Crippen molar-refractivity contribution in [3.05, 3.63) is 64.7 Å².